The minimum atomic E-state index is 0.403. The van der Waals surface area contributed by atoms with E-state index in [1.807, 2.05) is 12.1 Å². The molecule has 100 valence electrons. The third-order valence-corrected chi connectivity index (χ3v) is 4.10. The molecule has 3 nitrogen and oxygen atoms in total. The van der Waals surface area contributed by atoms with Crippen molar-refractivity contribution in [3.63, 3.8) is 0 Å². The molecule has 18 heavy (non-hydrogen) atoms. The Kier molecular flexibility index (Phi) is 4.61. The van der Waals surface area contributed by atoms with Gasteiger partial charge in [0, 0.05) is 6.54 Å². The number of benzene rings is 1. The van der Waals surface area contributed by atoms with E-state index in [4.69, 9.17) is 10.5 Å². The van der Waals surface area contributed by atoms with Crippen LogP contribution in [0.1, 0.15) is 24.8 Å². The summed E-state index contributed by atoms with van der Waals surface area (Å²) in [4.78, 5) is 0. The van der Waals surface area contributed by atoms with Crippen molar-refractivity contribution >= 4 is 0 Å². The molecule has 0 atom stereocenters. The Morgan fingerprint density at radius 2 is 2.00 bits per heavy atom. The van der Waals surface area contributed by atoms with Crippen LogP contribution in [0, 0.1) is 5.41 Å². The van der Waals surface area contributed by atoms with E-state index in [1.165, 1.54) is 24.8 Å². The molecule has 0 saturated heterocycles. The second-order valence-electron chi connectivity index (χ2n) is 5.33. The number of hydrogen-bond acceptors (Lipinski definition) is 3. The van der Waals surface area contributed by atoms with Gasteiger partial charge in [-0.3, -0.25) is 0 Å². The van der Waals surface area contributed by atoms with Gasteiger partial charge in [-0.2, -0.15) is 0 Å². The lowest BCUT2D eigenvalue weighted by Gasteiger charge is -2.41. The zero-order valence-electron chi connectivity index (χ0n) is 11.2. The zero-order chi connectivity index (χ0) is 12.8. The van der Waals surface area contributed by atoms with E-state index >= 15 is 0 Å². The van der Waals surface area contributed by atoms with Crippen molar-refractivity contribution in [1.29, 1.82) is 0 Å². The van der Waals surface area contributed by atoms with Gasteiger partial charge in [0.15, 0.2) is 0 Å². The quantitative estimate of drug-likeness (QED) is 0.725. The number of hydrogen-bond donors (Lipinski definition) is 2. The smallest absolute Gasteiger partial charge is 0.118 e. The largest absolute Gasteiger partial charge is 0.497 e. The fourth-order valence-electron chi connectivity index (χ4n) is 2.51. The van der Waals surface area contributed by atoms with Crippen molar-refractivity contribution in [2.45, 2.75) is 25.7 Å². The highest BCUT2D eigenvalue weighted by molar-refractivity contribution is 5.27. The third-order valence-electron chi connectivity index (χ3n) is 4.10. The van der Waals surface area contributed by atoms with E-state index in [1.54, 1.807) is 7.11 Å². The maximum atomic E-state index is 5.84. The van der Waals surface area contributed by atoms with Gasteiger partial charge in [-0.25, -0.2) is 0 Å². The number of ether oxygens (including phenoxy) is 1. The molecule has 1 aliphatic rings. The first-order valence-corrected chi connectivity index (χ1v) is 6.82. The average Bonchev–Trinajstić information content (AvgIpc) is 2.38. The highest BCUT2D eigenvalue weighted by atomic mass is 16.5. The SMILES string of the molecule is COc1ccc(CCNCC2(CN)CCC2)cc1. The minimum Gasteiger partial charge on any atom is -0.497 e. The molecule has 0 heterocycles. The number of nitrogens with two attached hydrogens (primary N) is 1. The molecule has 0 bridgehead atoms. The predicted molar refractivity (Wildman–Crippen MR) is 74.9 cm³/mol. The van der Waals surface area contributed by atoms with Crippen LogP contribution in [0.3, 0.4) is 0 Å². The van der Waals surface area contributed by atoms with E-state index < -0.39 is 0 Å². The molecular weight excluding hydrogens is 224 g/mol. The Labute approximate surface area is 110 Å². The van der Waals surface area contributed by atoms with Crippen LogP contribution in [0.5, 0.6) is 5.75 Å². The Morgan fingerprint density at radius 1 is 1.28 bits per heavy atom. The van der Waals surface area contributed by atoms with E-state index in [2.05, 4.69) is 17.4 Å². The molecule has 3 heteroatoms. The predicted octanol–water partition coefficient (Wildman–Crippen LogP) is 1.96. The van der Waals surface area contributed by atoms with Crippen molar-refractivity contribution in [2.75, 3.05) is 26.7 Å². The normalized spacial score (nSPS) is 17.2. The average molecular weight is 248 g/mol. The van der Waals surface area contributed by atoms with Crippen molar-refractivity contribution in [2.24, 2.45) is 11.1 Å². The van der Waals surface area contributed by atoms with Gasteiger partial charge < -0.3 is 15.8 Å². The topological polar surface area (TPSA) is 47.3 Å². The van der Waals surface area contributed by atoms with Gasteiger partial charge in [-0.05, 0) is 55.5 Å². The van der Waals surface area contributed by atoms with Crippen molar-refractivity contribution < 1.29 is 4.74 Å². The van der Waals surface area contributed by atoms with Crippen LogP contribution in [-0.4, -0.2) is 26.7 Å². The molecule has 1 aromatic carbocycles. The fraction of sp³-hybridized carbons (Fsp3) is 0.600. The van der Waals surface area contributed by atoms with E-state index in [0.29, 0.717) is 5.41 Å². The molecule has 1 saturated carbocycles. The molecule has 0 unspecified atom stereocenters. The highest BCUT2D eigenvalue weighted by Gasteiger charge is 2.34. The second-order valence-corrected chi connectivity index (χ2v) is 5.33. The van der Waals surface area contributed by atoms with Crippen molar-refractivity contribution in [3.05, 3.63) is 29.8 Å². The van der Waals surface area contributed by atoms with Gasteiger partial charge in [0.2, 0.25) is 0 Å². The fourth-order valence-corrected chi connectivity index (χ4v) is 2.51. The molecule has 2 rings (SSSR count). The molecule has 1 aliphatic carbocycles. The number of rotatable bonds is 7. The molecule has 1 aromatic rings. The maximum absolute atomic E-state index is 5.84. The first kappa shape index (κ1) is 13.4. The molecule has 3 N–H and O–H groups in total. The first-order valence-electron chi connectivity index (χ1n) is 6.82. The second kappa shape index (κ2) is 6.21. The van der Waals surface area contributed by atoms with Crippen LogP contribution in [0.15, 0.2) is 24.3 Å². The van der Waals surface area contributed by atoms with Crippen molar-refractivity contribution in [3.8, 4) is 5.75 Å². The molecule has 0 amide bonds. The van der Waals surface area contributed by atoms with E-state index in [-0.39, 0.29) is 0 Å². The van der Waals surface area contributed by atoms with Crippen LogP contribution < -0.4 is 15.8 Å². The minimum absolute atomic E-state index is 0.403. The van der Waals surface area contributed by atoms with Gasteiger partial charge in [-0.15, -0.1) is 0 Å². The number of methoxy groups -OCH3 is 1. The van der Waals surface area contributed by atoms with Crippen molar-refractivity contribution in [1.82, 2.24) is 5.32 Å². The van der Waals surface area contributed by atoms with Gasteiger partial charge >= 0.3 is 0 Å². The maximum Gasteiger partial charge on any atom is 0.118 e. The van der Waals surface area contributed by atoms with Crippen LogP contribution in [0.4, 0.5) is 0 Å². The monoisotopic (exact) mass is 248 g/mol. The van der Waals surface area contributed by atoms with Crippen LogP contribution in [0.2, 0.25) is 0 Å². The standard InChI is InChI=1S/C15H24N2O/c1-18-14-5-3-13(4-6-14)7-10-17-12-15(11-16)8-2-9-15/h3-6,17H,2,7-12,16H2,1H3. The van der Waals surface area contributed by atoms with Gasteiger partial charge in [0.25, 0.3) is 0 Å². The van der Waals surface area contributed by atoms with Crippen LogP contribution in [-0.2, 0) is 6.42 Å². The summed E-state index contributed by atoms with van der Waals surface area (Å²) in [5.41, 5.74) is 7.59. The van der Waals surface area contributed by atoms with Crippen LogP contribution in [0.25, 0.3) is 0 Å². The summed E-state index contributed by atoms with van der Waals surface area (Å²) in [7, 11) is 1.70. The summed E-state index contributed by atoms with van der Waals surface area (Å²) in [6.07, 6.45) is 4.99. The first-order chi connectivity index (χ1) is 8.78. The molecule has 0 aromatic heterocycles. The Hall–Kier alpha value is -1.06. The molecule has 0 aliphatic heterocycles. The third kappa shape index (κ3) is 3.24. The summed E-state index contributed by atoms with van der Waals surface area (Å²) in [5, 5.41) is 3.54. The van der Waals surface area contributed by atoms with Gasteiger partial charge in [-0.1, -0.05) is 18.6 Å². The highest BCUT2D eigenvalue weighted by Crippen LogP contribution is 2.38. The summed E-state index contributed by atoms with van der Waals surface area (Å²) >= 11 is 0. The Bertz CT molecular complexity index is 352. The Balaban J connectivity index is 1.68. The van der Waals surface area contributed by atoms with Crippen LogP contribution >= 0.6 is 0 Å². The van der Waals surface area contributed by atoms with Gasteiger partial charge in [0.1, 0.15) is 5.75 Å². The van der Waals surface area contributed by atoms with E-state index in [9.17, 15) is 0 Å². The molecule has 1 fully saturated rings. The lowest BCUT2D eigenvalue weighted by Crippen LogP contribution is -2.45. The summed E-state index contributed by atoms with van der Waals surface area (Å²) < 4.78 is 5.15. The molecule has 0 spiro atoms. The van der Waals surface area contributed by atoms with E-state index in [0.717, 1.165) is 31.8 Å². The summed E-state index contributed by atoms with van der Waals surface area (Å²) in [6, 6.07) is 8.29. The Morgan fingerprint density at radius 3 is 2.50 bits per heavy atom. The molecular formula is C15H24N2O. The summed E-state index contributed by atoms with van der Waals surface area (Å²) in [5.74, 6) is 0.920. The van der Waals surface area contributed by atoms with Gasteiger partial charge in [0.05, 0.1) is 7.11 Å². The summed E-state index contributed by atoms with van der Waals surface area (Å²) in [6.45, 7) is 2.91. The zero-order valence-corrected chi connectivity index (χ0v) is 11.2. The molecule has 0 radical (unpaired) electrons. The lowest BCUT2D eigenvalue weighted by atomic mass is 9.69. The lowest BCUT2D eigenvalue weighted by molar-refractivity contribution is 0.141. The number of nitrogens with one attached hydrogen (secondary N) is 1.